The number of primary amides is 1. The topological polar surface area (TPSA) is 101 Å². The number of carbonyl (C=O) groups is 1. The van der Waals surface area contributed by atoms with E-state index < -0.39 is 5.91 Å². The highest BCUT2D eigenvalue weighted by atomic mass is 16.3. The number of nitrogens with zero attached hydrogens (tertiary/aromatic N) is 2. The van der Waals surface area contributed by atoms with Gasteiger partial charge in [-0.1, -0.05) is 12.1 Å². The van der Waals surface area contributed by atoms with Crippen molar-refractivity contribution < 1.29 is 9.90 Å². The fourth-order valence-electron chi connectivity index (χ4n) is 1.67. The second-order valence-electron chi connectivity index (χ2n) is 3.85. The van der Waals surface area contributed by atoms with Gasteiger partial charge < -0.3 is 16.2 Å². The Labute approximate surface area is 110 Å². The molecule has 98 valence electrons. The molecule has 0 atom stereocenters. The van der Waals surface area contributed by atoms with Crippen LogP contribution in [0.15, 0.2) is 36.7 Å². The third kappa shape index (κ3) is 3.05. The molecule has 0 saturated carbocycles. The number of aliphatic hydroxyl groups is 1. The van der Waals surface area contributed by atoms with Gasteiger partial charge in [-0.3, -0.25) is 9.78 Å². The predicted molar refractivity (Wildman–Crippen MR) is 71.6 cm³/mol. The minimum Gasteiger partial charge on any atom is -0.395 e. The van der Waals surface area contributed by atoms with Crippen molar-refractivity contribution in [2.45, 2.75) is 0 Å². The van der Waals surface area contributed by atoms with Crippen molar-refractivity contribution in [3.8, 4) is 11.3 Å². The van der Waals surface area contributed by atoms with Crippen molar-refractivity contribution in [3.63, 3.8) is 0 Å². The summed E-state index contributed by atoms with van der Waals surface area (Å²) in [4.78, 5) is 19.6. The number of aromatic nitrogens is 2. The van der Waals surface area contributed by atoms with Crippen LogP contribution in [0.3, 0.4) is 0 Å². The summed E-state index contributed by atoms with van der Waals surface area (Å²) in [6, 6.07) is 6.86. The standard InChI is InChI=1S/C13H14N4O2/c14-12(19)10-3-1-2-9(8-10)11-13(17-6-7-18)16-5-4-15-11/h1-5,8,18H,6-7H2,(H2,14,19)(H,16,17). The van der Waals surface area contributed by atoms with Crippen LogP contribution in [-0.2, 0) is 0 Å². The van der Waals surface area contributed by atoms with E-state index in [2.05, 4.69) is 15.3 Å². The number of hydrogen-bond donors (Lipinski definition) is 3. The van der Waals surface area contributed by atoms with Gasteiger partial charge in [0.05, 0.1) is 6.61 Å². The van der Waals surface area contributed by atoms with Crippen molar-refractivity contribution in [2.24, 2.45) is 5.73 Å². The summed E-state index contributed by atoms with van der Waals surface area (Å²) in [5.74, 6) is 0.0637. The SMILES string of the molecule is NC(=O)c1cccc(-c2nccnc2NCCO)c1. The molecule has 1 aromatic heterocycles. The van der Waals surface area contributed by atoms with Gasteiger partial charge in [0.1, 0.15) is 5.69 Å². The fourth-order valence-corrected chi connectivity index (χ4v) is 1.67. The Morgan fingerprint density at radius 3 is 2.84 bits per heavy atom. The first kappa shape index (κ1) is 13.0. The lowest BCUT2D eigenvalue weighted by molar-refractivity contribution is 0.100. The summed E-state index contributed by atoms with van der Waals surface area (Å²) in [5, 5.41) is 11.8. The van der Waals surface area contributed by atoms with Gasteiger partial charge in [-0.2, -0.15) is 0 Å². The molecule has 0 aliphatic rings. The second kappa shape index (κ2) is 5.92. The average Bonchev–Trinajstić information content (AvgIpc) is 2.45. The van der Waals surface area contributed by atoms with Crippen LogP contribution in [0.4, 0.5) is 5.82 Å². The lowest BCUT2D eigenvalue weighted by Gasteiger charge is -2.09. The zero-order chi connectivity index (χ0) is 13.7. The molecule has 0 spiro atoms. The van der Waals surface area contributed by atoms with Crippen LogP contribution >= 0.6 is 0 Å². The molecule has 0 fully saturated rings. The maximum absolute atomic E-state index is 11.2. The number of hydrogen-bond acceptors (Lipinski definition) is 5. The Kier molecular flexibility index (Phi) is 4.04. The number of nitrogens with two attached hydrogens (primary N) is 1. The van der Waals surface area contributed by atoms with Gasteiger partial charge in [-0.25, -0.2) is 4.98 Å². The second-order valence-corrected chi connectivity index (χ2v) is 3.85. The van der Waals surface area contributed by atoms with Gasteiger partial charge in [0.15, 0.2) is 5.82 Å². The summed E-state index contributed by atoms with van der Waals surface area (Å²) in [7, 11) is 0. The van der Waals surface area contributed by atoms with Crippen molar-refractivity contribution in [3.05, 3.63) is 42.2 Å². The Hall–Kier alpha value is -2.47. The number of rotatable bonds is 5. The number of anilines is 1. The Morgan fingerprint density at radius 1 is 1.32 bits per heavy atom. The van der Waals surface area contributed by atoms with Crippen LogP contribution in [0.5, 0.6) is 0 Å². The summed E-state index contributed by atoms with van der Waals surface area (Å²) in [6.45, 7) is 0.374. The highest BCUT2D eigenvalue weighted by molar-refractivity contribution is 5.94. The van der Waals surface area contributed by atoms with E-state index in [-0.39, 0.29) is 6.61 Å². The molecule has 6 nitrogen and oxygen atoms in total. The first-order valence-electron chi connectivity index (χ1n) is 5.78. The van der Waals surface area contributed by atoms with Crippen LogP contribution in [0, 0.1) is 0 Å². The third-order valence-corrected chi connectivity index (χ3v) is 2.52. The van der Waals surface area contributed by atoms with Crippen LogP contribution in [0.2, 0.25) is 0 Å². The van der Waals surface area contributed by atoms with Gasteiger partial charge in [0, 0.05) is 30.1 Å². The number of carbonyl (C=O) groups excluding carboxylic acids is 1. The van der Waals surface area contributed by atoms with E-state index in [1.54, 1.807) is 30.6 Å². The van der Waals surface area contributed by atoms with E-state index in [1.807, 2.05) is 6.07 Å². The van der Waals surface area contributed by atoms with Gasteiger partial charge >= 0.3 is 0 Å². The molecular weight excluding hydrogens is 244 g/mol. The molecule has 0 bridgehead atoms. The Bertz CT molecular complexity index is 586. The van der Waals surface area contributed by atoms with E-state index in [4.69, 9.17) is 10.8 Å². The molecule has 2 rings (SSSR count). The molecule has 1 heterocycles. The maximum Gasteiger partial charge on any atom is 0.248 e. The summed E-state index contributed by atoms with van der Waals surface area (Å²) in [5.41, 5.74) is 7.02. The minimum absolute atomic E-state index is 0.00264. The van der Waals surface area contributed by atoms with Crippen LogP contribution in [0.1, 0.15) is 10.4 Å². The average molecular weight is 258 g/mol. The first-order chi connectivity index (χ1) is 9.22. The van der Waals surface area contributed by atoms with Gasteiger partial charge in [0.25, 0.3) is 0 Å². The van der Waals surface area contributed by atoms with E-state index in [0.29, 0.717) is 23.6 Å². The molecule has 0 aliphatic carbocycles. The lowest BCUT2D eigenvalue weighted by atomic mass is 10.1. The minimum atomic E-state index is -0.490. The highest BCUT2D eigenvalue weighted by Crippen LogP contribution is 2.23. The summed E-state index contributed by atoms with van der Waals surface area (Å²) < 4.78 is 0. The van der Waals surface area contributed by atoms with Crippen LogP contribution < -0.4 is 11.1 Å². The number of aliphatic hydroxyl groups excluding tert-OH is 1. The predicted octanol–water partition coefficient (Wildman–Crippen LogP) is 0.647. The molecule has 1 aromatic carbocycles. The van der Waals surface area contributed by atoms with Gasteiger partial charge in [-0.05, 0) is 12.1 Å². The molecule has 0 radical (unpaired) electrons. The van der Waals surface area contributed by atoms with Crippen LogP contribution in [-0.4, -0.2) is 34.1 Å². The summed E-state index contributed by atoms with van der Waals surface area (Å²) in [6.07, 6.45) is 3.12. The number of nitrogens with one attached hydrogen (secondary N) is 1. The number of amides is 1. The van der Waals surface area contributed by atoms with Crippen molar-refractivity contribution in [1.29, 1.82) is 0 Å². The molecule has 0 saturated heterocycles. The van der Waals surface area contributed by atoms with E-state index in [0.717, 1.165) is 5.56 Å². The molecule has 6 heteroatoms. The molecule has 0 aliphatic heterocycles. The molecular formula is C13H14N4O2. The Morgan fingerprint density at radius 2 is 2.11 bits per heavy atom. The van der Waals surface area contributed by atoms with E-state index >= 15 is 0 Å². The zero-order valence-electron chi connectivity index (χ0n) is 10.2. The zero-order valence-corrected chi connectivity index (χ0v) is 10.2. The smallest absolute Gasteiger partial charge is 0.248 e. The Balaban J connectivity index is 2.40. The largest absolute Gasteiger partial charge is 0.395 e. The van der Waals surface area contributed by atoms with Crippen molar-refractivity contribution in [1.82, 2.24) is 9.97 Å². The van der Waals surface area contributed by atoms with E-state index in [9.17, 15) is 4.79 Å². The van der Waals surface area contributed by atoms with Gasteiger partial charge in [0.2, 0.25) is 5.91 Å². The normalized spacial score (nSPS) is 10.2. The monoisotopic (exact) mass is 258 g/mol. The van der Waals surface area contributed by atoms with Crippen molar-refractivity contribution in [2.75, 3.05) is 18.5 Å². The molecule has 19 heavy (non-hydrogen) atoms. The van der Waals surface area contributed by atoms with Crippen molar-refractivity contribution >= 4 is 11.7 Å². The molecule has 2 aromatic rings. The quantitative estimate of drug-likeness (QED) is 0.730. The fraction of sp³-hybridized carbons (Fsp3) is 0.154. The number of benzene rings is 1. The first-order valence-corrected chi connectivity index (χ1v) is 5.78. The molecule has 1 amide bonds. The highest BCUT2D eigenvalue weighted by Gasteiger charge is 2.09. The van der Waals surface area contributed by atoms with Gasteiger partial charge in [-0.15, -0.1) is 0 Å². The molecule has 4 N–H and O–H groups in total. The maximum atomic E-state index is 11.2. The van der Waals surface area contributed by atoms with E-state index in [1.165, 1.54) is 0 Å². The third-order valence-electron chi connectivity index (χ3n) is 2.52. The lowest BCUT2D eigenvalue weighted by Crippen LogP contribution is -2.11. The van der Waals surface area contributed by atoms with Crippen LogP contribution in [0.25, 0.3) is 11.3 Å². The molecule has 0 unspecified atom stereocenters. The summed E-state index contributed by atoms with van der Waals surface area (Å²) >= 11 is 0.